The fourth-order valence-corrected chi connectivity index (χ4v) is 0.671. The van der Waals surface area contributed by atoms with Crippen LogP contribution in [0.25, 0.3) is 0 Å². The summed E-state index contributed by atoms with van der Waals surface area (Å²) in [7, 11) is 0. The van der Waals surface area contributed by atoms with E-state index in [1.165, 1.54) is 0 Å². The number of hydrogen-bond donors (Lipinski definition) is 2. The molecule has 0 saturated heterocycles. The molecule has 3 heteroatoms. The number of carbonyl (C=O) groups excluding carboxylic acids is 1. The zero-order valence-corrected chi connectivity index (χ0v) is 7.45. The molecule has 0 fully saturated rings. The van der Waals surface area contributed by atoms with E-state index in [0.717, 1.165) is 13.0 Å². The van der Waals surface area contributed by atoms with E-state index in [-0.39, 0.29) is 11.8 Å². The molecule has 1 atom stereocenters. The van der Waals surface area contributed by atoms with Gasteiger partial charge in [-0.15, -0.1) is 0 Å². The molecule has 0 radical (unpaired) electrons. The van der Waals surface area contributed by atoms with Gasteiger partial charge in [-0.3, -0.25) is 4.79 Å². The van der Waals surface area contributed by atoms with Crippen molar-refractivity contribution in [3.63, 3.8) is 0 Å². The molecule has 2 nitrogen and oxygen atoms in total. The molecule has 0 aromatic rings. The Balaban J connectivity index is 3.42. The third-order valence-electron chi connectivity index (χ3n) is 1.27. The predicted molar refractivity (Wildman–Crippen MR) is 46.3 cm³/mol. The van der Waals surface area contributed by atoms with Crippen LogP contribution in [0, 0.1) is 5.92 Å². The summed E-state index contributed by atoms with van der Waals surface area (Å²) in [5.74, 6) is 0.766. The van der Waals surface area contributed by atoms with Gasteiger partial charge in [0.05, 0.1) is 0 Å². The van der Waals surface area contributed by atoms with Gasteiger partial charge >= 0.3 is 0 Å². The first-order valence-corrected chi connectivity index (χ1v) is 4.24. The molecule has 0 aromatic heterocycles. The zero-order valence-electron chi connectivity index (χ0n) is 6.55. The molecule has 0 unspecified atom stereocenters. The van der Waals surface area contributed by atoms with Gasteiger partial charge in [0.25, 0.3) is 0 Å². The highest BCUT2D eigenvalue weighted by Gasteiger charge is 2.08. The third-order valence-corrected chi connectivity index (χ3v) is 1.82. The Labute approximate surface area is 67.8 Å². The maximum atomic E-state index is 11.0. The first-order valence-electron chi connectivity index (χ1n) is 3.61. The molecular weight excluding hydrogens is 146 g/mol. The molecule has 0 spiro atoms. The number of carbonyl (C=O) groups is 1. The van der Waals surface area contributed by atoms with Crippen molar-refractivity contribution < 1.29 is 4.79 Å². The molecule has 1 N–H and O–H groups in total. The summed E-state index contributed by atoms with van der Waals surface area (Å²) < 4.78 is 0. The molecule has 10 heavy (non-hydrogen) atoms. The molecule has 0 bridgehead atoms. The lowest BCUT2D eigenvalue weighted by molar-refractivity contribution is -0.123. The second kappa shape index (κ2) is 5.59. The highest BCUT2D eigenvalue weighted by atomic mass is 32.1. The van der Waals surface area contributed by atoms with E-state index in [1.807, 2.05) is 13.8 Å². The summed E-state index contributed by atoms with van der Waals surface area (Å²) >= 11 is 4.02. The summed E-state index contributed by atoms with van der Waals surface area (Å²) in [4.78, 5) is 11.0. The minimum atomic E-state index is 0.0369. The van der Waals surface area contributed by atoms with Gasteiger partial charge in [-0.25, -0.2) is 0 Å². The molecule has 60 valence electrons. The second-order valence-electron chi connectivity index (χ2n) is 2.37. The maximum absolute atomic E-state index is 11.0. The van der Waals surface area contributed by atoms with Gasteiger partial charge in [0.1, 0.15) is 0 Å². The summed E-state index contributed by atoms with van der Waals surface area (Å²) in [6.45, 7) is 4.68. The van der Waals surface area contributed by atoms with Crippen molar-refractivity contribution in [3.8, 4) is 0 Å². The molecule has 0 rings (SSSR count). The van der Waals surface area contributed by atoms with Gasteiger partial charge in [0.2, 0.25) is 5.91 Å². The molecule has 0 aromatic carbocycles. The van der Waals surface area contributed by atoms with Crippen LogP contribution in [0.15, 0.2) is 0 Å². The lowest BCUT2D eigenvalue weighted by Crippen LogP contribution is -2.30. The zero-order chi connectivity index (χ0) is 7.98. The topological polar surface area (TPSA) is 29.1 Å². The summed E-state index contributed by atoms with van der Waals surface area (Å²) in [6, 6.07) is 0. The number of nitrogens with one attached hydrogen (secondary N) is 1. The molecule has 0 aliphatic heterocycles. The van der Waals surface area contributed by atoms with Crippen molar-refractivity contribution in [2.45, 2.75) is 20.3 Å². The fourth-order valence-electron chi connectivity index (χ4n) is 0.505. The van der Waals surface area contributed by atoms with Gasteiger partial charge in [0, 0.05) is 18.2 Å². The van der Waals surface area contributed by atoms with Crippen LogP contribution in [0.3, 0.4) is 0 Å². The van der Waals surface area contributed by atoms with Crippen LogP contribution >= 0.6 is 12.6 Å². The van der Waals surface area contributed by atoms with E-state index >= 15 is 0 Å². The standard InChI is InChI=1S/C7H15NOS/c1-3-4-8-7(9)6(2)5-10/h6,10H,3-5H2,1-2H3,(H,8,9)/t6-/m0/s1. The number of rotatable bonds is 4. The Hall–Kier alpha value is -0.180. The maximum Gasteiger partial charge on any atom is 0.223 e. The van der Waals surface area contributed by atoms with Gasteiger partial charge in [-0.2, -0.15) is 12.6 Å². The van der Waals surface area contributed by atoms with Crippen LogP contribution < -0.4 is 5.32 Å². The smallest absolute Gasteiger partial charge is 0.223 e. The lowest BCUT2D eigenvalue weighted by Gasteiger charge is -2.07. The van der Waals surface area contributed by atoms with Crippen LogP contribution in [0.1, 0.15) is 20.3 Å². The number of hydrogen-bond acceptors (Lipinski definition) is 2. The molecular formula is C7H15NOS. The third kappa shape index (κ3) is 3.77. The largest absolute Gasteiger partial charge is 0.356 e. The first kappa shape index (κ1) is 9.82. The Kier molecular flexibility index (Phi) is 5.49. The lowest BCUT2D eigenvalue weighted by atomic mass is 10.2. The van der Waals surface area contributed by atoms with Gasteiger partial charge in [0.15, 0.2) is 0 Å². The van der Waals surface area contributed by atoms with Crippen LogP contribution in [0.5, 0.6) is 0 Å². The highest BCUT2D eigenvalue weighted by Crippen LogP contribution is 1.96. The molecule has 0 saturated carbocycles. The van der Waals surface area contributed by atoms with Crippen LogP contribution in [0.2, 0.25) is 0 Å². The van der Waals surface area contributed by atoms with Crippen molar-refractivity contribution in [1.29, 1.82) is 0 Å². The minimum absolute atomic E-state index is 0.0369. The normalized spacial score (nSPS) is 12.7. The van der Waals surface area contributed by atoms with Crippen molar-refractivity contribution in [2.75, 3.05) is 12.3 Å². The van der Waals surface area contributed by atoms with Crippen LogP contribution in [-0.4, -0.2) is 18.2 Å². The second-order valence-corrected chi connectivity index (χ2v) is 2.74. The fraction of sp³-hybridized carbons (Fsp3) is 0.857. The van der Waals surface area contributed by atoms with E-state index in [9.17, 15) is 4.79 Å². The predicted octanol–water partition coefficient (Wildman–Crippen LogP) is 1.08. The van der Waals surface area contributed by atoms with E-state index in [2.05, 4.69) is 17.9 Å². The molecule has 1 amide bonds. The quantitative estimate of drug-likeness (QED) is 0.594. The summed E-state index contributed by atoms with van der Waals surface area (Å²) in [5, 5.41) is 2.80. The Morgan fingerprint density at radius 2 is 2.30 bits per heavy atom. The van der Waals surface area contributed by atoms with Gasteiger partial charge in [-0.1, -0.05) is 13.8 Å². The molecule has 0 heterocycles. The summed E-state index contributed by atoms with van der Waals surface area (Å²) in [5.41, 5.74) is 0. The van der Waals surface area contributed by atoms with Gasteiger partial charge < -0.3 is 5.32 Å². The van der Waals surface area contributed by atoms with E-state index < -0.39 is 0 Å². The van der Waals surface area contributed by atoms with Crippen molar-refractivity contribution in [3.05, 3.63) is 0 Å². The van der Waals surface area contributed by atoms with Crippen molar-refractivity contribution in [2.24, 2.45) is 5.92 Å². The Bertz CT molecular complexity index is 106. The Morgan fingerprint density at radius 1 is 1.70 bits per heavy atom. The van der Waals surface area contributed by atoms with Crippen LogP contribution in [-0.2, 0) is 4.79 Å². The molecule has 0 aliphatic carbocycles. The average Bonchev–Trinajstić information content (AvgIpc) is 1.98. The Morgan fingerprint density at radius 3 is 2.70 bits per heavy atom. The van der Waals surface area contributed by atoms with E-state index in [1.54, 1.807) is 0 Å². The van der Waals surface area contributed by atoms with Crippen LogP contribution in [0.4, 0.5) is 0 Å². The van der Waals surface area contributed by atoms with Crippen molar-refractivity contribution in [1.82, 2.24) is 5.32 Å². The monoisotopic (exact) mass is 161 g/mol. The number of amides is 1. The highest BCUT2D eigenvalue weighted by molar-refractivity contribution is 7.80. The average molecular weight is 161 g/mol. The first-order chi connectivity index (χ1) is 4.72. The minimum Gasteiger partial charge on any atom is -0.356 e. The summed E-state index contributed by atoms with van der Waals surface area (Å²) in [6.07, 6.45) is 0.991. The van der Waals surface area contributed by atoms with Crippen molar-refractivity contribution >= 4 is 18.5 Å². The van der Waals surface area contributed by atoms with Gasteiger partial charge in [-0.05, 0) is 6.42 Å². The van der Waals surface area contributed by atoms with E-state index in [0.29, 0.717) is 5.75 Å². The number of thiol groups is 1. The SMILES string of the molecule is CCCNC(=O)[C@@H](C)CS. The van der Waals surface area contributed by atoms with E-state index in [4.69, 9.17) is 0 Å². The molecule has 0 aliphatic rings.